The Bertz CT molecular complexity index is 4600. The highest BCUT2D eigenvalue weighted by Crippen LogP contribution is 2.28. The Balaban J connectivity index is 1.44. The lowest BCUT2D eigenvalue weighted by Crippen LogP contribution is -2.62. The molecule has 125 heavy (non-hydrogen) atoms. The summed E-state index contributed by atoms with van der Waals surface area (Å²) in [6.45, 7) is 1.67. The van der Waals surface area contributed by atoms with E-state index < -0.39 is 261 Å². The first-order valence-corrected chi connectivity index (χ1v) is 40.6. The van der Waals surface area contributed by atoms with Crippen molar-refractivity contribution in [3.63, 3.8) is 0 Å². The number of fused-ring (bicyclic) bond motifs is 2. The van der Waals surface area contributed by atoms with Crippen molar-refractivity contribution in [2.75, 3.05) is 38.2 Å². The van der Waals surface area contributed by atoms with Crippen molar-refractivity contribution < 1.29 is 131 Å². The van der Waals surface area contributed by atoms with Crippen molar-refractivity contribution in [1.29, 1.82) is 0 Å². The Hall–Kier alpha value is -13.7. The second-order valence-corrected chi connectivity index (χ2v) is 30.1. The minimum atomic E-state index is -2.46. The number of carboxylic acids is 4. The Morgan fingerprint density at radius 1 is 0.568 bits per heavy atom. The highest BCUT2D eigenvalue weighted by Gasteiger charge is 2.41. The van der Waals surface area contributed by atoms with Gasteiger partial charge in [0.05, 0.1) is 58.4 Å². The molecule has 44 heteroatoms. The Morgan fingerprint density at radius 3 is 1.80 bits per heavy atom. The standard InChI is InChI=1S/C81H109N17O27/c1-5-6-7-8-9-10-11-22-62(102)90-52(30-46-37-85-49-19-14-12-17-47(46)49)75(117)93-53(32-61(83)101)76(118)95-56(35-68(111)112)77(119)98-70-43(4)125-81(123)57(31-59(100)48-18-13-15-20-50(48)84-36-44-23-24-60-45(29-44)25-27-124-60)96-80(122)69(41(2)28-65(105)106)97-78(120)58(40-99)91-64(104)38-86-72(114)54(33-66(107)108)92-71(113)42(3)88-74(116)55(34-67(109)110)94-73(115)51(21-16-26-82)89-63(103)39-87-79(70)121/h12-15,17-20,23-24,29,37,41-43,51-58,69-70,84-85,99H,5-11,16,21-22,25-28,30-36,38-40,82H2,1-4H3,(H2,83,101)(H,86,114)(H,87,121)(H,88,116)(H,89,103)(H,90,102)(H,91,104)(H,92,113)(H,93,117)(H,94,115)(H,95,118)(H,96,122)(H,97,120)(H,98,119)(H,105,106)(H,107,108)(H,109,110)(H,111,112)/t41-,42-,43-,51+,52+,53-,54+,55+,56+,57+,58-,69+,70+/m1/s1. The molecule has 0 aliphatic carbocycles. The largest absolute Gasteiger partial charge is 0.493 e. The van der Waals surface area contributed by atoms with Gasteiger partial charge in [0.15, 0.2) is 5.78 Å². The molecule has 1 aromatic heterocycles. The summed E-state index contributed by atoms with van der Waals surface area (Å²) < 4.78 is 11.5. The molecule has 0 spiro atoms. The molecule has 0 saturated carbocycles. The Labute approximate surface area is 715 Å². The van der Waals surface area contributed by atoms with E-state index >= 15 is 4.79 Å². The lowest BCUT2D eigenvalue weighted by Gasteiger charge is -2.30. The van der Waals surface area contributed by atoms with Gasteiger partial charge in [0.2, 0.25) is 82.7 Å². The van der Waals surface area contributed by atoms with Gasteiger partial charge in [-0.2, -0.15) is 0 Å². The zero-order valence-electron chi connectivity index (χ0n) is 69.3. The van der Waals surface area contributed by atoms with Crippen molar-refractivity contribution in [2.24, 2.45) is 17.4 Å². The molecule has 0 unspecified atom stereocenters. The summed E-state index contributed by atoms with van der Waals surface area (Å²) in [5.74, 6) is -29.0. The number of aromatic amines is 1. The van der Waals surface area contributed by atoms with Gasteiger partial charge in [-0.05, 0) is 86.5 Å². The molecule has 2 aliphatic heterocycles. The number of aliphatic carboxylic acids is 4. The lowest BCUT2D eigenvalue weighted by atomic mass is 9.95. The second kappa shape index (κ2) is 50.0. The van der Waals surface area contributed by atoms with Crippen LogP contribution in [0.1, 0.15) is 157 Å². The van der Waals surface area contributed by atoms with Gasteiger partial charge in [0.1, 0.15) is 78.3 Å². The van der Waals surface area contributed by atoms with E-state index in [9.17, 15) is 117 Å². The van der Waals surface area contributed by atoms with E-state index in [0.29, 0.717) is 48.1 Å². The van der Waals surface area contributed by atoms with Crippen molar-refractivity contribution in [1.82, 2.24) is 74.1 Å². The maximum absolute atomic E-state index is 15.2. The molecule has 0 radical (unpaired) electrons. The minimum absolute atomic E-state index is 0.0212. The number of amides is 14. The normalized spacial score (nSPS) is 20.8. The van der Waals surface area contributed by atoms with E-state index in [1.54, 1.807) is 42.6 Å². The molecular weight excluding hydrogens is 1640 g/mol. The van der Waals surface area contributed by atoms with E-state index in [1.807, 2.05) is 22.0 Å². The first-order chi connectivity index (χ1) is 59.4. The number of carboxylic acid groups (broad SMARTS) is 4. The number of para-hydroxylation sites is 2. The molecule has 1 fully saturated rings. The first kappa shape index (κ1) is 100. The third-order valence-corrected chi connectivity index (χ3v) is 20.1. The zero-order chi connectivity index (χ0) is 92.1. The molecular formula is C81H109N17O27. The third-order valence-electron chi connectivity index (χ3n) is 20.1. The van der Waals surface area contributed by atoms with Gasteiger partial charge in [-0.1, -0.05) is 94.8 Å². The molecule has 3 heterocycles. The number of anilines is 1. The fraction of sp³-hybridized carbons (Fsp3) is 0.506. The van der Waals surface area contributed by atoms with E-state index in [0.717, 1.165) is 64.0 Å². The minimum Gasteiger partial charge on any atom is -0.493 e. The number of ketones is 1. The first-order valence-electron chi connectivity index (χ1n) is 40.6. The van der Waals surface area contributed by atoms with Crippen molar-refractivity contribution in [3.8, 4) is 5.75 Å². The van der Waals surface area contributed by atoms with Crippen LogP contribution in [0.5, 0.6) is 5.75 Å². The lowest BCUT2D eigenvalue weighted by molar-refractivity contribution is -0.156. The number of nitrogens with one attached hydrogen (secondary N) is 15. The van der Waals surface area contributed by atoms with Crippen LogP contribution in [0.2, 0.25) is 0 Å². The molecule has 44 nitrogen and oxygen atoms in total. The second-order valence-electron chi connectivity index (χ2n) is 30.1. The Morgan fingerprint density at radius 2 is 1.15 bits per heavy atom. The fourth-order valence-electron chi connectivity index (χ4n) is 13.4. The van der Waals surface area contributed by atoms with Gasteiger partial charge in [-0.25, -0.2) is 4.79 Å². The third kappa shape index (κ3) is 32.9. The van der Waals surface area contributed by atoms with Crippen LogP contribution in [0.4, 0.5) is 5.69 Å². The number of nitrogens with two attached hydrogens (primary N) is 2. The number of H-pyrrole nitrogens is 1. The summed E-state index contributed by atoms with van der Waals surface area (Å²) >= 11 is 0. The van der Waals surface area contributed by atoms with Gasteiger partial charge in [-0.3, -0.25) is 91.1 Å². The van der Waals surface area contributed by atoms with E-state index in [4.69, 9.17) is 20.9 Å². The van der Waals surface area contributed by atoms with E-state index in [2.05, 4.69) is 70.4 Å². The number of unbranched alkanes of at least 4 members (excludes halogenated alkanes) is 6. The average Bonchev–Trinajstić information content (AvgIpc) is 1.68. The van der Waals surface area contributed by atoms with Gasteiger partial charge >= 0.3 is 29.8 Å². The summed E-state index contributed by atoms with van der Waals surface area (Å²) in [5.41, 5.74) is 14.2. The molecule has 14 amide bonds. The number of cyclic esters (lactones) is 1. The highest BCUT2D eigenvalue weighted by atomic mass is 16.5. The number of rotatable bonds is 38. The number of hydrogen-bond donors (Lipinski definition) is 22. The molecule has 3 aromatic carbocycles. The topological polar surface area (TPSA) is 697 Å². The summed E-state index contributed by atoms with van der Waals surface area (Å²) in [6, 6.07) is -4.70. The number of benzene rings is 3. The quantitative estimate of drug-likeness (QED) is 0.0117. The van der Waals surface area contributed by atoms with Gasteiger partial charge in [0.25, 0.3) is 0 Å². The summed E-state index contributed by atoms with van der Waals surface area (Å²) in [7, 11) is 0. The molecule has 1 saturated heterocycles. The van der Waals surface area contributed by atoms with Crippen LogP contribution in [0.15, 0.2) is 72.9 Å². The van der Waals surface area contributed by atoms with Crippen molar-refractivity contribution in [3.05, 3.63) is 95.2 Å². The maximum atomic E-state index is 15.2. The van der Waals surface area contributed by atoms with Crippen LogP contribution in [-0.4, -0.2) is 254 Å². The van der Waals surface area contributed by atoms with Crippen molar-refractivity contribution >= 4 is 135 Å². The van der Waals surface area contributed by atoms with Crippen molar-refractivity contribution in [2.45, 2.75) is 222 Å². The average molecular weight is 1750 g/mol. The van der Waals surface area contributed by atoms with Gasteiger partial charge in [-0.15, -0.1) is 0 Å². The van der Waals surface area contributed by atoms with E-state index in [-0.39, 0.29) is 43.6 Å². The SMILES string of the molecule is CCCCCCCCCC(=O)N[C@@H](Cc1c[nH]c2ccccc12)C(=O)N[C@H](CC(N)=O)C(=O)N[C@@H](CC(=O)O)C(=O)N[C@@H]1C(=O)NCC(=O)N[C@@H](CCCN)C(=O)N[C@@H](CC(=O)O)C(=O)N[C@H](C)C(=O)N[C@@H](CC(=O)O)C(=O)NCC(=O)N[C@H](CO)C(=O)N[C@@H]([C@H](C)CC(=O)O)C(=O)N[C@@H](CC(=O)c2ccccc2NCc2ccc3c(c2)CCO3)C(=O)O[C@@H]1C. The number of Topliss-reactive ketones (excluding diaryl/α,β-unsaturated/α-hetero) is 1. The molecule has 0 bridgehead atoms. The van der Waals surface area contributed by atoms with Crippen LogP contribution in [0, 0.1) is 5.92 Å². The van der Waals surface area contributed by atoms with Gasteiger partial charge < -0.3 is 126 Å². The zero-order valence-corrected chi connectivity index (χ0v) is 69.3. The summed E-state index contributed by atoms with van der Waals surface area (Å²) in [6.07, 6.45) is -1.77. The molecule has 680 valence electrons. The molecule has 13 atom stereocenters. The number of hydrogen-bond acceptors (Lipinski definition) is 25. The number of carbonyl (C=O) groups is 20. The summed E-state index contributed by atoms with van der Waals surface area (Å²) in [5, 5.41) is 82.8. The predicted molar refractivity (Wildman–Crippen MR) is 439 cm³/mol. The number of ether oxygens (including phenoxy) is 2. The highest BCUT2D eigenvalue weighted by molar-refractivity contribution is 6.05. The molecule has 24 N–H and O–H groups in total. The monoisotopic (exact) mass is 1750 g/mol. The smallest absolute Gasteiger partial charge is 0.329 e. The number of primary amides is 1. The molecule has 6 rings (SSSR count). The maximum Gasteiger partial charge on any atom is 0.329 e. The molecule has 4 aromatic rings. The fourth-order valence-corrected chi connectivity index (χ4v) is 13.4. The predicted octanol–water partition coefficient (Wildman–Crippen LogP) is -3.66. The molecule has 2 aliphatic rings. The number of aliphatic hydroxyl groups excluding tert-OH is 1. The van der Waals surface area contributed by atoms with Crippen LogP contribution in [0.3, 0.4) is 0 Å². The van der Waals surface area contributed by atoms with Gasteiger partial charge in [0, 0.05) is 60.6 Å². The number of carbonyl (C=O) groups excluding carboxylic acids is 16. The van der Waals surface area contributed by atoms with Crippen LogP contribution >= 0.6 is 0 Å². The van der Waals surface area contributed by atoms with Crippen LogP contribution in [0.25, 0.3) is 10.9 Å². The number of aromatic nitrogens is 1. The van der Waals surface area contributed by atoms with E-state index in [1.165, 1.54) is 24.3 Å². The number of esters is 1. The number of aliphatic hydroxyl groups is 1. The van der Waals surface area contributed by atoms with Crippen LogP contribution in [-0.2, 0) is 115 Å². The Kier molecular flexibility index (Phi) is 40.1. The summed E-state index contributed by atoms with van der Waals surface area (Å²) in [4.78, 5) is 280. The van der Waals surface area contributed by atoms with Crippen LogP contribution < -0.4 is 90.6 Å².